The number of hydrogen-bond donors (Lipinski definition) is 2. The summed E-state index contributed by atoms with van der Waals surface area (Å²) in [7, 11) is 0. The lowest BCUT2D eigenvalue weighted by molar-refractivity contribution is -0.127. The number of rotatable bonds is 5. The van der Waals surface area contributed by atoms with E-state index in [9.17, 15) is 9.59 Å². The average molecular weight is 388 g/mol. The summed E-state index contributed by atoms with van der Waals surface area (Å²) < 4.78 is 1.67. The van der Waals surface area contributed by atoms with Crippen LogP contribution < -0.4 is 16.6 Å². The lowest BCUT2D eigenvalue weighted by atomic mass is 9.84. The molecule has 2 aliphatic carbocycles. The van der Waals surface area contributed by atoms with E-state index in [1.54, 1.807) is 22.9 Å². The second-order valence-corrected chi connectivity index (χ2v) is 7.64. The Morgan fingerprint density at radius 3 is 2.44 bits per heavy atom. The van der Waals surface area contributed by atoms with Crippen molar-refractivity contribution in [2.45, 2.75) is 38.4 Å². The van der Waals surface area contributed by atoms with Gasteiger partial charge in [-0.2, -0.15) is 0 Å². The highest BCUT2D eigenvalue weighted by Gasteiger charge is 2.48. The highest BCUT2D eigenvalue weighted by atomic mass is 35.5. The van der Waals surface area contributed by atoms with Crippen LogP contribution in [0, 0.1) is 17.8 Å². The van der Waals surface area contributed by atoms with Crippen molar-refractivity contribution in [3.63, 3.8) is 0 Å². The summed E-state index contributed by atoms with van der Waals surface area (Å²) >= 11 is 0. The van der Waals surface area contributed by atoms with Gasteiger partial charge in [0.1, 0.15) is 0 Å². The van der Waals surface area contributed by atoms with Crippen LogP contribution in [0.2, 0.25) is 0 Å². The van der Waals surface area contributed by atoms with Gasteiger partial charge in [-0.05, 0) is 48.3 Å². The van der Waals surface area contributed by atoms with Gasteiger partial charge in [-0.25, -0.2) is 0 Å². The topological polar surface area (TPSA) is 77.1 Å². The summed E-state index contributed by atoms with van der Waals surface area (Å²) in [5.41, 5.74) is 8.36. The van der Waals surface area contributed by atoms with E-state index in [1.165, 1.54) is 6.42 Å². The highest BCUT2D eigenvalue weighted by Crippen LogP contribution is 2.47. The molecule has 5 nitrogen and oxygen atoms in total. The summed E-state index contributed by atoms with van der Waals surface area (Å²) in [5.74, 6) is 1.10. The zero-order valence-electron chi connectivity index (χ0n) is 15.2. The van der Waals surface area contributed by atoms with Crippen LogP contribution in [0.4, 0.5) is 0 Å². The third-order valence-corrected chi connectivity index (χ3v) is 6.03. The molecule has 2 fully saturated rings. The number of halogens is 1. The van der Waals surface area contributed by atoms with Crippen molar-refractivity contribution < 1.29 is 4.79 Å². The normalized spacial score (nSPS) is 25.8. The van der Waals surface area contributed by atoms with Crippen molar-refractivity contribution in [3.05, 3.63) is 70.1 Å². The molecule has 144 valence electrons. The third-order valence-electron chi connectivity index (χ3n) is 6.03. The summed E-state index contributed by atoms with van der Waals surface area (Å²) in [4.78, 5) is 24.3. The molecule has 1 amide bonds. The van der Waals surface area contributed by atoms with E-state index in [0.717, 1.165) is 24.0 Å². The van der Waals surface area contributed by atoms with Crippen molar-refractivity contribution in [3.8, 4) is 0 Å². The Bertz CT molecular complexity index is 847. The molecule has 2 aliphatic rings. The number of nitrogens with zero attached hydrogens (tertiary/aromatic N) is 1. The van der Waals surface area contributed by atoms with Gasteiger partial charge >= 0.3 is 0 Å². The fourth-order valence-corrected chi connectivity index (χ4v) is 4.58. The van der Waals surface area contributed by atoms with Gasteiger partial charge in [-0.15, -0.1) is 12.4 Å². The van der Waals surface area contributed by atoms with E-state index in [0.29, 0.717) is 24.9 Å². The molecule has 27 heavy (non-hydrogen) atoms. The van der Waals surface area contributed by atoms with Crippen LogP contribution in [0.25, 0.3) is 0 Å². The summed E-state index contributed by atoms with van der Waals surface area (Å²) in [6.45, 7) is 1.07. The first-order chi connectivity index (χ1) is 12.6. The van der Waals surface area contributed by atoms with E-state index in [1.807, 2.05) is 30.3 Å². The Labute approximate surface area is 165 Å². The molecule has 2 bridgehead atoms. The molecule has 2 aromatic rings. The predicted octanol–water partition coefficient (Wildman–Crippen LogP) is 2.31. The van der Waals surface area contributed by atoms with E-state index >= 15 is 0 Å². The average Bonchev–Trinajstić information content (AvgIpc) is 3.24. The molecule has 1 heterocycles. The van der Waals surface area contributed by atoms with Crippen molar-refractivity contribution >= 4 is 18.3 Å². The second kappa shape index (κ2) is 8.28. The first kappa shape index (κ1) is 19.6. The quantitative estimate of drug-likeness (QED) is 0.826. The zero-order valence-corrected chi connectivity index (χ0v) is 16.0. The zero-order chi connectivity index (χ0) is 18.1. The molecule has 1 aromatic heterocycles. The molecule has 3 N–H and O–H groups in total. The predicted molar refractivity (Wildman–Crippen MR) is 108 cm³/mol. The minimum absolute atomic E-state index is 0. The van der Waals surface area contributed by atoms with Gasteiger partial charge in [0, 0.05) is 24.8 Å². The van der Waals surface area contributed by atoms with Gasteiger partial charge in [0.15, 0.2) is 0 Å². The Kier molecular flexibility index (Phi) is 6.02. The van der Waals surface area contributed by atoms with E-state index in [2.05, 4.69) is 5.32 Å². The number of fused-ring (bicyclic) bond motifs is 2. The molecular formula is C21H26ClN3O2. The standard InChI is InChI=1S/C21H25N3O2.ClH/c22-20-17-9-8-16(11-17)19(20)21(26)23-12-14-4-6-15(7-5-14)13-24-10-2-1-3-18(24)25;/h1-7,10,16-17,19-20H,8-9,11-13,22H2,(H,23,26);1H. The number of hydrogen-bond acceptors (Lipinski definition) is 3. The van der Waals surface area contributed by atoms with Crippen LogP contribution in [0.5, 0.6) is 0 Å². The molecule has 4 atom stereocenters. The number of carbonyl (C=O) groups excluding carboxylic acids is 1. The van der Waals surface area contributed by atoms with Crippen molar-refractivity contribution in [2.75, 3.05) is 0 Å². The van der Waals surface area contributed by atoms with Crippen LogP contribution in [0.1, 0.15) is 30.4 Å². The van der Waals surface area contributed by atoms with Gasteiger partial charge in [0.2, 0.25) is 5.91 Å². The summed E-state index contributed by atoms with van der Waals surface area (Å²) in [6.07, 6.45) is 5.23. The summed E-state index contributed by atoms with van der Waals surface area (Å²) in [5, 5.41) is 3.06. The van der Waals surface area contributed by atoms with Crippen molar-refractivity contribution in [1.82, 2.24) is 9.88 Å². The smallest absolute Gasteiger partial charge is 0.250 e. The largest absolute Gasteiger partial charge is 0.352 e. The highest BCUT2D eigenvalue weighted by molar-refractivity contribution is 5.85. The van der Waals surface area contributed by atoms with Crippen molar-refractivity contribution in [1.29, 1.82) is 0 Å². The first-order valence-corrected chi connectivity index (χ1v) is 9.38. The molecule has 4 unspecified atom stereocenters. The number of benzene rings is 1. The lowest BCUT2D eigenvalue weighted by Crippen LogP contribution is -2.45. The Balaban J connectivity index is 0.00000210. The molecule has 0 aliphatic heterocycles. The number of nitrogens with two attached hydrogens (primary N) is 1. The molecule has 1 aromatic carbocycles. The van der Waals surface area contributed by atoms with Gasteiger partial charge in [0.05, 0.1) is 12.5 Å². The van der Waals surface area contributed by atoms with Crippen LogP contribution >= 0.6 is 12.4 Å². The van der Waals surface area contributed by atoms with Gasteiger partial charge in [0.25, 0.3) is 5.56 Å². The number of pyridine rings is 1. The fraction of sp³-hybridized carbons (Fsp3) is 0.429. The maximum atomic E-state index is 12.5. The van der Waals surface area contributed by atoms with Crippen LogP contribution in [0.3, 0.4) is 0 Å². The Morgan fingerprint density at radius 1 is 1.07 bits per heavy atom. The van der Waals surface area contributed by atoms with Gasteiger partial charge in [-0.3, -0.25) is 9.59 Å². The van der Waals surface area contributed by atoms with Crippen LogP contribution in [0.15, 0.2) is 53.5 Å². The number of amides is 1. The molecule has 2 saturated carbocycles. The van der Waals surface area contributed by atoms with E-state index in [4.69, 9.17) is 5.73 Å². The second-order valence-electron chi connectivity index (χ2n) is 7.64. The molecule has 4 rings (SSSR count). The van der Waals surface area contributed by atoms with Crippen LogP contribution in [-0.2, 0) is 17.9 Å². The SMILES string of the molecule is Cl.NC1C2CCC(C2)C1C(=O)NCc1ccc(Cn2ccccc2=O)cc1. The molecule has 0 radical (unpaired) electrons. The van der Waals surface area contributed by atoms with Gasteiger partial charge in [-0.1, -0.05) is 30.3 Å². The number of aromatic nitrogens is 1. The van der Waals surface area contributed by atoms with Crippen molar-refractivity contribution in [2.24, 2.45) is 23.5 Å². The Hall–Kier alpha value is -2.11. The maximum absolute atomic E-state index is 12.5. The molecule has 0 saturated heterocycles. The molecule has 6 heteroatoms. The number of carbonyl (C=O) groups is 1. The maximum Gasteiger partial charge on any atom is 0.250 e. The Morgan fingerprint density at radius 2 is 1.78 bits per heavy atom. The number of nitrogens with one attached hydrogen (secondary N) is 1. The molecule has 0 spiro atoms. The fourth-order valence-electron chi connectivity index (χ4n) is 4.58. The van der Waals surface area contributed by atoms with Gasteiger partial charge < -0.3 is 15.6 Å². The minimum atomic E-state index is -0.0158. The minimum Gasteiger partial charge on any atom is -0.352 e. The van der Waals surface area contributed by atoms with Crippen LogP contribution in [-0.4, -0.2) is 16.5 Å². The lowest BCUT2D eigenvalue weighted by Gasteiger charge is -2.27. The monoisotopic (exact) mass is 387 g/mol. The summed E-state index contributed by atoms with van der Waals surface area (Å²) in [6, 6.07) is 13.2. The first-order valence-electron chi connectivity index (χ1n) is 9.38. The third kappa shape index (κ3) is 4.09. The van der Waals surface area contributed by atoms with E-state index in [-0.39, 0.29) is 35.8 Å². The molecular weight excluding hydrogens is 362 g/mol. The van der Waals surface area contributed by atoms with E-state index < -0.39 is 0 Å².